The number of aryl methyl sites for hydroxylation is 1. The highest BCUT2D eigenvalue weighted by molar-refractivity contribution is 5.50. The maximum absolute atomic E-state index is 6.13. The van der Waals surface area contributed by atoms with Gasteiger partial charge in [0.25, 0.3) is 0 Å². The lowest BCUT2D eigenvalue weighted by Crippen LogP contribution is -2.19. The van der Waals surface area contributed by atoms with Crippen LogP contribution in [0.4, 0.5) is 0 Å². The van der Waals surface area contributed by atoms with E-state index < -0.39 is 0 Å². The lowest BCUT2D eigenvalue weighted by molar-refractivity contribution is -0.0433. The Labute approximate surface area is 154 Å². The quantitative estimate of drug-likeness (QED) is 0.629. The van der Waals surface area contributed by atoms with Crippen LogP contribution in [0.3, 0.4) is 0 Å². The molecule has 3 aromatic carbocycles. The molecule has 1 unspecified atom stereocenters. The molecule has 3 nitrogen and oxygen atoms in total. The van der Waals surface area contributed by atoms with E-state index in [4.69, 9.17) is 14.2 Å². The molecule has 0 bridgehead atoms. The average Bonchev–Trinajstić information content (AvgIpc) is 2.72. The van der Waals surface area contributed by atoms with Gasteiger partial charge in [-0.2, -0.15) is 0 Å². The predicted molar refractivity (Wildman–Crippen MR) is 101 cm³/mol. The van der Waals surface area contributed by atoms with E-state index in [0.717, 1.165) is 34.6 Å². The second-order valence-corrected chi connectivity index (χ2v) is 6.35. The fraction of sp³-hybridized carbons (Fsp3) is 0.217. The highest BCUT2D eigenvalue weighted by atomic mass is 16.7. The van der Waals surface area contributed by atoms with E-state index in [1.807, 2.05) is 36.4 Å². The van der Waals surface area contributed by atoms with Crippen LogP contribution in [-0.2, 0) is 17.8 Å². The number of hydrogen-bond donors (Lipinski definition) is 0. The second-order valence-electron chi connectivity index (χ2n) is 6.35. The molecule has 4 rings (SSSR count). The van der Waals surface area contributed by atoms with Crippen molar-refractivity contribution in [2.24, 2.45) is 0 Å². The van der Waals surface area contributed by atoms with Crippen LogP contribution in [0.5, 0.6) is 11.5 Å². The van der Waals surface area contributed by atoms with Crippen molar-refractivity contribution in [1.29, 1.82) is 0 Å². The number of fused-ring (bicyclic) bond motifs is 1. The van der Waals surface area contributed by atoms with Crippen molar-refractivity contribution < 1.29 is 14.2 Å². The molecule has 1 aliphatic heterocycles. The normalized spacial score (nSPS) is 15.8. The van der Waals surface area contributed by atoms with E-state index in [-0.39, 0.29) is 12.9 Å². The third kappa shape index (κ3) is 3.44. The fourth-order valence-corrected chi connectivity index (χ4v) is 3.21. The maximum Gasteiger partial charge on any atom is 0.190 e. The van der Waals surface area contributed by atoms with Crippen molar-refractivity contribution in [1.82, 2.24) is 0 Å². The van der Waals surface area contributed by atoms with Gasteiger partial charge in [-0.1, -0.05) is 67.6 Å². The third-order valence-electron chi connectivity index (χ3n) is 4.67. The highest BCUT2D eigenvalue weighted by Crippen LogP contribution is 2.42. The van der Waals surface area contributed by atoms with Gasteiger partial charge in [0.2, 0.25) is 0 Å². The van der Waals surface area contributed by atoms with Crippen molar-refractivity contribution in [3.05, 3.63) is 95.1 Å². The molecule has 1 aliphatic rings. The van der Waals surface area contributed by atoms with Crippen LogP contribution in [0.1, 0.15) is 35.3 Å². The summed E-state index contributed by atoms with van der Waals surface area (Å²) in [7, 11) is 0. The van der Waals surface area contributed by atoms with Gasteiger partial charge in [0, 0.05) is 0 Å². The van der Waals surface area contributed by atoms with E-state index in [1.54, 1.807) is 0 Å². The van der Waals surface area contributed by atoms with E-state index >= 15 is 0 Å². The number of hydrogen-bond acceptors (Lipinski definition) is 3. The molecule has 0 amide bonds. The first-order valence-electron chi connectivity index (χ1n) is 8.98. The molecule has 0 saturated carbocycles. The van der Waals surface area contributed by atoms with Crippen molar-refractivity contribution in [2.75, 3.05) is 6.79 Å². The fourth-order valence-electron chi connectivity index (χ4n) is 3.21. The van der Waals surface area contributed by atoms with Gasteiger partial charge in [-0.05, 0) is 35.2 Å². The molecular formula is C23H22O3. The summed E-state index contributed by atoms with van der Waals surface area (Å²) in [6.07, 6.45) is 0.841. The van der Waals surface area contributed by atoms with Crippen molar-refractivity contribution in [2.45, 2.75) is 26.1 Å². The molecule has 0 N–H and O–H groups in total. The summed E-state index contributed by atoms with van der Waals surface area (Å²) >= 11 is 0. The minimum Gasteiger partial charge on any atom is -0.488 e. The topological polar surface area (TPSA) is 27.7 Å². The first kappa shape index (κ1) is 16.7. The summed E-state index contributed by atoms with van der Waals surface area (Å²) < 4.78 is 17.8. The molecule has 3 heteroatoms. The van der Waals surface area contributed by atoms with Crippen molar-refractivity contribution >= 4 is 0 Å². The summed E-state index contributed by atoms with van der Waals surface area (Å²) in [5.41, 5.74) is 4.52. The van der Waals surface area contributed by atoms with Gasteiger partial charge < -0.3 is 14.2 Å². The van der Waals surface area contributed by atoms with Crippen LogP contribution in [0.25, 0.3) is 0 Å². The molecular weight excluding hydrogens is 324 g/mol. The first-order chi connectivity index (χ1) is 12.8. The van der Waals surface area contributed by atoms with E-state index in [1.165, 1.54) is 5.56 Å². The largest absolute Gasteiger partial charge is 0.488 e. The minimum absolute atomic E-state index is 0.184. The summed E-state index contributed by atoms with van der Waals surface area (Å²) in [4.78, 5) is 0. The number of rotatable bonds is 5. The van der Waals surface area contributed by atoms with E-state index in [0.29, 0.717) is 6.61 Å². The van der Waals surface area contributed by atoms with Crippen molar-refractivity contribution in [3.8, 4) is 11.5 Å². The monoisotopic (exact) mass is 346 g/mol. The van der Waals surface area contributed by atoms with Gasteiger partial charge >= 0.3 is 0 Å². The minimum atomic E-state index is -0.184. The Bertz CT molecular complexity index is 856. The van der Waals surface area contributed by atoms with Crippen LogP contribution >= 0.6 is 0 Å². The predicted octanol–water partition coefficient (Wildman–Crippen LogP) is 5.28. The lowest BCUT2D eigenvalue weighted by atomic mass is 9.97. The third-order valence-corrected chi connectivity index (χ3v) is 4.67. The molecule has 0 radical (unpaired) electrons. The van der Waals surface area contributed by atoms with Crippen LogP contribution in [0, 0.1) is 0 Å². The molecule has 26 heavy (non-hydrogen) atoms. The Balaban J connectivity index is 1.65. The zero-order valence-corrected chi connectivity index (χ0v) is 14.9. The average molecular weight is 346 g/mol. The summed E-state index contributed by atoms with van der Waals surface area (Å²) in [5, 5.41) is 0. The van der Waals surface area contributed by atoms with Gasteiger partial charge in [-0.15, -0.1) is 0 Å². The Morgan fingerprint density at radius 2 is 1.69 bits per heavy atom. The Hall–Kier alpha value is -2.78. The zero-order chi connectivity index (χ0) is 17.8. The molecule has 0 fully saturated rings. The summed E-state index contributed by atoms with van der Waals surface area (Å²) in [6.45, 7) is 2.92. The molecule has 3 aromatic rings. The van der Waals surface area contributed by atoms with Gasteiger partial charge in [0.05, 0.1) is 5.56 Å². The Morgan fingerprint density at radius 3 is 2.46 bits per heavy atom. The lowest BCUT2D eigenvalue weighted by Gasteiger charge is -2.28. The highest BCUT2D eigenvalue weighted by Gasteiger charge is 2.27. The first-order valence-corrected chi connectivity index (χ1v) is 8.98. The molecule has 1 heterocycles. The molecule has 0 aliphatic carbocycles. The molecule has 132 valence electrons. The standard InChI is InChI=1S/C23H22O3/c1-2-17-11-13-19(14-12-17)23-22-20(9-6-10-21(22)25-16-26-23)24-15-18-7-4-3-5-8-18/h3-14,23H,2,15-16H2,1H3. The number of benzene rings is 3. The summed E-state index contributed by atoms with van der Waals surface area (Å²) in [6, 6.07) is 24.6. The van der Waals surface area contributed by atoms with Crippen LogP contribution in [0.15, 0.2) is 72.8 Å². The molecule has 0 aromatic heterocycles. The molecule has 0 saturated heterocycles. The van der Waals surface area contributed by atoms with E-state index in [9.17, 15) is 0 Å². The van der Waals surface area contributed by atoms with Gasteiger partial charge in [-0.3, -0.25) is 0 Å². The number of ether oxygens (including phenoxy) is 3. The second kappa shape index (κ2) is 7.63. The van der Waals surface area contributed by atoms with Crippen molar-refractivity contribution in [3.63, 3.8) is 0 Å². The SMILES string of the molecule is CCc1ccc(C2OCOc3cccc(OCc4ccccc4)c32)cc1. The Kier molecular flexibility index (Phi) is 4.89. The van der Waals surface area contributed by atoms with Gasteiger partial charge in [0.1, 0.15) is 24.2 Å². The molecule has 0 spiro atoms. The molecule has 1 atom stereocenters. The van der Waals surface area contributed by atoms with Crippen LogP contribution in [0.2, 0.25) is 0 Å². The smallest absolute Gasteiger partial charge is 0.190 e. The Morgan fingerprint density at radius 1 is 0.885 bits per heavy atom. The van der Waals surface area contributed by atoms with E-state index in [2.05, 4.69) is 43.3 Å². The summed E-state index contributed by atoms with van der Waals surface area (Å²) in [5.74, 6) is 1.63. The maximum atomic E-state index is 6.13. The zero-order valence-electron chi connectivity index (χ0n) is 14.9. The van der Waals surface area contributed by atoms with Gasteiger partial charge in [0.15, 0.2) is 6.79 Å². The van der Waals surface area contributed by atoms with Gasteiger partial charge in [-0.25, -0.2) is 0 Å². The van der Waals surface area contributed by atoms with Crippen LogP contribution < -0.4 is 9.47 Å². The van der Waals surface area contributed by atoms with Crippen LogP contribution in [-0.4, -0.2) is 6.79 Å².